The summed E-state index contributed by atoms with van der Waals surface area (Å²) in [5.74, 6) is -0.00949. The molecule has 0 aromatic carbocycles. The van der Waals surface area contributed by atoms with Gasteiger partial charge in [0.2, 0.25) is 0 Å². The predicted molar refractivity (Wildman–Crippen MR) is 72.2 cm³/mol. The maximum absolute atomic E-state index is 11.1. The number of anilines is 1. The van der Waals surface area contributed by atoms with E-state index in [0.29, 0.717) is 22.6 Å². The Balaban J connectivity index is 2.23. The van der Waals surface area contributed by atoms with Crippen molar-refractivity contribution in [3.63, 3.8) is 0 Å². The Hall–Kier alpha value is -1.89. The molecule has 2 aromatic heterocycles. The second-order valence-electron chi connectivity index (χ2n) is 4.01. The quantitative estimate of drug-likeness (QED) is 0.898. The van der Waals surface area contributed by atoms with Crippen LogP contribution in [0.25, 0.3) is 0 Å². The fraction of sp³-hybridized carbons (Fsp3) is 0.250. The van der Waals surface area contributed by atoms with Gasteiger partial charge in [-0.1, -0.05) is 5.16 Å². The first-order chi connectivity index (χ1) is 8.99. The number of hydrogen-bond donors (Lipinski definition) is 2. The molecule has 2 aromatic rings. The number of halogens is 1. The highest BCUT2D eigenvalue weighted by Crippen LogP contribution is 2.20. The van der Waals surface area contributed by atoms with Gasteiger partial charge in [0.25, 0.3) is 0 Å². The molecule has 0 spiro atoms. The number of hydrogen-bond acceptors (Lipinski definition) is 5. The van der Waals surface area contributed by atoms with Crippen LogP contribution in [-0.2, 0) is 6.54 Å². The van der Waals surface area contributed by atoms with E-state index in [1.54, 1.807) is 6.20 Å². The number of nitrogens with zero attached hydrogens (tertiary/aromatic N) is 2. The van der Waals surface area contributed by atoms with Crippen molar-refractivity contribution in [2.24, 2.45) is 0 Å². The van der Waals surface area contributed by atoms with Crippen LogP contribution in [0.2, 0.25) is 0 Å². The van der Waals surface area contributed by atoms with Crippen LogP contribution in [-0.4, -0.2) is 21.2 Å². The van der Waals surface area contributed by atoms with Crippen LogP contribution in [0.5, 0.6) is 0 Å². The lowest BCUT2D eigenvalue weighted by Crippen LogP contribution is -2.09. The van der Waals surface area contributed by atoms with Gasteiger partial charge in [-0.05, 0) is 35.8 Å². The maximum Gasteiger partial charge on any atom is 0.339 e. The summed E-state index contributed by atoms with van der Waals surface area (Å²) in [6, 6.07) is 1.50. The number of carboxylic acid groups (broad SMARTS) is 1. The van der Waals surface area contributed by atoms with Gasteiger partial charge in [-0.25, -0.2) is 9.78 Å². The van der Waals surface area contributed by atoms with Crippen molar-refractivity contribution in [2.45, 2.75) is 20.4 Å². The van der Waals surface area contributed by atoms with Gasteiger partial charge in [0, 0.05) is 22.8 Å². The zero-order chi connectivity index (χ0) is 14.0. The number of aromatic nitrogens is 2. The predicted octanol–water partition coefficient (Wildman–Crippen LogP) is 2.76. The van der Waals surface area contributed by atoms with E-state index in [2.05, 4.69) is 31.4 Å². The van der Waals surface area contributed by atoms with Crippen LogP contribution in [0.1, 0.15) is 27.4 Å². The van der Waals surface area contributed by atoms with Crippen molar-refractivity contribution in [3.8, 4) is 0 Å². The van der Waals surface area contributed by atoms with Crippen LogP contribution in [0.3, 0.4) is 0 Å². The third kappa shape index (κ3) is 2.93. The summed E-state index contributed by atoms with van der Waals surface area (Å²) in [5, 5.41) is 16.0. The molecule has 0 unspecified atom stereocenters. The van der Waals surface area contributed by atoms with E-state index in [1.807, 2.05) is 13.8 Å². The van der Waals surface area contributed by atoms with Crippen molar-refractivity contribution < 1.29 is 14.4 Å². The lowest BCUT2D eigenvalue weighted by Gasteiger charge is -2.08. The van der Waals surface area contributed by atoms with Crippen LogP contribution in [0.15, 0.2) is 21.3 Å². The van der Waals surface area contributed by atoms with Crippen molar-refractivity contribution in [2.75, 3.05) is 5.32 Å². The molecule has 0 saturated carbocycles. The summed E-state index contributed by atoms with van der Waals surface area (Å²) >= 11 is 3.20. The Morgan fingerprint density at radius 1 is 1.53 bits per heavy atom. The van der Waals surface area contributed by atoms with Gasteiger partial charge in [0.1, 0.15) is 17.1 Å². The van der Waals surface area contributed by atoms with Gasteiger partial charge in [-0.2, -0.15) is 0 Å². The van der Waals surface area contributed by atoms with E-state index >= 15 is 0 Å². The fourth-order valence-corrected chi connectivity index (χ4v) is 2.00. The minimum absolute atomic E-state index is 0.112. The topological polar surface area (TPSA) is 88.3 Å². The molecule has 6 nitrogen and oxygen atoms in total. The minimum atomic E-state index is -1.03. The van der Waals surface area contributed by atoms with E-state index in [0.717, 1.165) is 11.3 Å². The van der Waals surface area contributed by atoms with E-state index in [-0.39, 0.29) is 5.56 Å². The summed E-state index contributed by atoms with van der Waals surface area (Å²) in [6.07, 6.45) is 1.54. The molecule has 0 bridgehead atoms. The molecule has 0 fully saturated rings. The molecule has 0 aliphatic heterocycles. The molecule has 0 atom stereocenters. The number of carbonyl (C=O) groups is 1. The molecule has 7 heteroatoms. The smallest absolute Gasteiger partial charge is 0.339 e. The second-order valence-corrected chi connectivity index (χ2v) is 4.93. The molecule has 2 rings (SSSR count). The van der Waals surface area contributed by atoms with Gasteiger partial charge >= 0.3 is 5.97 Å². The van der Waals surface area contributed by atoms with Crippen molar-refractivity contribution >= 4 is 27.7 Å². The highest BCUT2D eigenvalue weighted by atomic mass is 79.9. The molecule has 19 heavy (non-hydrogen) atoms. The summed E-state index contributed by atoms with van der Waals surface area (Å²) < 4.78 is 5.66. The maximum atomic E-state index is 11.1. The van der Waals surface area contributed by atoms with Crippen LogP contribution < -0.4 is 5.32 Å². The minimum Gasteiger partial charge on any atom is -0.478 e. The summed E-state index contributed by atoms with van der Waals surface area (Å²) in [7, 11) is 0. The highest BCUT2D eigenvalue weighted by Gasteiger charge is 2.14. The molecule has 0 amide bonds. The average Bonchev–Trinajstić information content (AvgIpc) is 2.68. The average molecular weight is 326 g/mol. The third-order valence-electron chi connectivity index (χ3n) is 2.70. The first-order valence-corrected chi connectivity index (χ1v) is 6.32. The van der Waals surface area contributed by atoms with E-state index in [4.69, 9.17) is 9.63 Å². The van der Waals surface area contributed by atoms with Crippen molar-refractivity contribution in [1.82, 2.24) is 10.1 Å². The van der Waals surface area contributed by atoms with Gasteiger partial charge in [0.15, 0.2) is 0 Å². The molecule has 2 N–H and O–H groups in total. The van der Waals surface area contributed by atoms with Gasteiger partial charge in [-0.3, -0.25) is 0 Å². The largest absolute Gasteiger partial charge is 0.478 e. The lowest BCUT2D eigenvalue weighted by atomic mass is 10.2. The molecule has 0 saturated heterocycles. The zero-order valence-corrected chi connectivity index (χ0v) is 12.0. The fourth-order valence-electron chi connectivity index (χ4n) is 1.67. The van der Waals surface area contributed by atoms with Crippen LogP contribution in [0.4, 0.5) is 5.82 Å². The lowest BCUT2D eigenvalue weighted by molar-refractivity contribution is 0.0697. The number of aryl methyl sites for hydroxylation is 2. The van der Waals surface area contributed by atoms with Crippen molar-refractivity contribution in [3.05, 3.63) is 39.3 Å². The number of pyridine rings is 1. The molecule has 0 radical (unpaired) electrons. The van der Waals surface area contributed by atoms with E-state index in [1.165, 1.54) is 6.07 Å². The standard InChI is InChI=1S/C12H12BrN3O3/c1-6-10(7(2)19-16-6)5-15-11-9(12(17)18)3-8(13)4-14-11/h3-4H,5H2,1-2H3,(H,14,15)(H,17,18). The number of carboxylic acids is 1. The Morgan fingerprint density at radius 3 is 2.84 bits per heavy atom. The Bertz CT molecular complexity index is 605. The summed E-state index contributed by atoms with van der Waals surface area (Å²) in [6.45, 7) is 4.06. The first-order valence-electron chi connectivity index (χ1n) is 5.53. The highest BCUT2D eigenvalue weighted by molar-refractivity contribution is 9.10. The Labute approximate surface area is 118 Å². The number of nitrogens with one attached hydrogen (secondary N) is 1. The summed E-state index contributed by atoms with van der Waals surface area (Å²) in [4.78, 5) is 15.2. The Morgan fingerprint density at radius 2 is 2.26 bits per heavy atom. The molecule has 0 aliphatic rings. The molecular formula is C12H12BrN3O3. The third-order valence-corrected chi connectivity index (χ3v) is 3.13. The summed E-state index contributed by atoms with van der Waals surface area (Å²) in [5.41, 5.74) is 1.79. The number of aromatic carboxylic acids is 1. The van der Waals surface area contributed by atoms with E-state index in [9.17, 15) is 4.79 Å². The van der Waals surface area contributed by atoms with Gasteiger partial charge in [0.05, 0.1) is 5.69 Å². The molecular weight excluding hydrogens is 314 g/mol. The van der Waals surface area contributed by atoms with Gasteiger partial charge in [-0.15, -0.1) is 0 Å². The molecule has 100 valence electrons. The molecule has 0 aliphatic carbocycles. The second kappa shape index (κ2) is 5.40. The van der Waals surface area contributed by atoms with Crippen LogP contribution in [0, 0.1) is 13.8 Å². The zero-order valence-electron chi connectivity index (χ0n) is 10.4. The van der Waals surface area contributed by atoms with Gasteiger partial charge < -0.3 is 14.9 Å². The SMILES string of the molecule is Cc1noc(C)c1CNc1ncc(Br)cc1C(=O)O. The number of rotatable bonds is 4. The first kappa shape index (κ1) is 13.5. The normalized spacial score (nSPS) is 10.5. The molecule has 2 heterocycles. The Kier molecular flexibility index (Phi) is 3.84. The van der Waals surface area contributed by atoms with Crippen LogP contribution >= 0.6 is 15.9 Å². The monoisotopic (exact) mass is 325 g/mol. The van der Waals surface area contributed by atoms with Crippen molar-refractivity contribution in [1.29, 1.82) is 0 Å². The van der Waals surface area contributed by atoms with E-state index < -0.39 is 5.97 Å².